The largest absolute Gasteiger partial charge is 0.378 e. The molecule has 4 nitrogen and oxygen atoms in total. The summed E-state index contributed by atoms with van der Waals surface area (Å²) >= 11 is 5.42. The van der Waals surface area contributed by atoms with Gasteiger partial charge in [-0.3, -0.25) is 0 Å². The normalized spacial score (nSPS) is 26.2. The lowest BCUT2D eigenvalue weighted by molar-refractivity contribution is 0.0393. The zero-order chi connectivity index (χ0) is 9.90. The van der Waals surface area contributed by atoms with Crippen molar-refractivity contribution in [1.82, 2.24) is 4.31 Å². The number of morpholine rings is 1. The van der Waals surface area contributed by atoms with Gasteiger partial charge >= 0.3 is 0 Å². The summed E-state index contributed by atoms with van der Waals surface area (Å²) in [5.74, 6) is 0.158. The van der Waals surface area contributed by atoms with E-state index in [0.29, 0.717) is 19.8 Å². The SMILES string of the molecule is CC1COCCN1S(=O)(=O)CCCl. The molecule has 1 rings (SSSR count). The zero-order valence-corrected chi connectivity index (χ0v) is 9.14. The molecule has 1 saturated heterocycles. The van der Waals surface area contributed by atoms with Crippen LogP contribution < -0.4 is 0 Å². The Bertz CT molecular complexity index is 254. The molecule has 0 aliphatic carbocycles. The Morgan fingerprint density at radius 1 is 1.62 bits per heavy atom. The average molecular weight is 228 g/mol. The predicted octanol–water partition coefficient (Wildman–Crippen LogP) is 0.276. The van der Waals surface area contributed by atoms with Gasteiger partial charge in [0, 0.05) is 18.5 Å². The van der Waals surface area contributed by atoms with Crippen LogP contribution in [0.25, 0.3) is 0 Å². The molecule has 1 unspecified atom stereocenters. The van der Waals surface area contributed by atoms with Gasteiger partial charge in [-0.25, -0.2) is 8.42 Å². The maximum absolute atomic E-state index is 11.6. The van der Waals surface area contributed by atoms with Crippen molar-refractivity contribution < 1.29 is 13.2 Å². The van der Waals surface area contributed by atoms with Gasteiger partial charge < -0.3 is 4.74 Å². The van der Waals surface area contributed by atoms with Crippen LogP contribution in [0.1, 0.15) is 6.92 Å². The van der Waals surface area contributed by atoms with E-state index >= 15 is 0 Å². The quantitative estimate of drug-likeness (QED) is 0.651. The third-order valence-corrected chi connectivity index (χ3v) is 4.39. The Hall–Kier alpha value is 0.160. The molecule has 0 spiro atoms. The summed E-state index contributed by atoms with van der Waals surface area (Å²) in [5, 5.41) is 0. The maximum atomic E-state index is 11.6. The molecule has 0 amide bonds. The summed E-state index contributed by atoms with van der Waals surface area (Å²) in [6.45, 7) is 3.23. The summed E-state index contributed by atoms with van der Waals surface area (Å²) in [7, 11) is -3.16. The highest BCUT2D eigenvalue weighted by molar-refractivity contribution is 7.89. The molecule has 1 aliphatic heterocycles. The Kier molecular flexibility index (Phi) is 3.97. The molecular weight excluding hydrogens is 214 g/mol. The number of rotatable bonds is 3. The van der Waals surface area contributed by atoms with Crippen LogP contribution in [0.15, 0.2) is 0 Å². The van der Waals surface area contributed by atoms with E-state index < -0.39 is 10.0 Å². The van der Waals surface area contributed by atoms with Crippen molar-refractivity contribution >= 4 is 21.6 Å². The monoisotopic (exact) mass is 227 g/mol. The molecule has 0 N–H and O–H groups in total. The van der Waals surface area contributed by atoms with Crippen molar-refractivity contribution in [2.24, 2.45) is 0 Å². The standard InChI is InChI=1S/C7H14ClNO3S/c1-7-6-12-4-3-9(7)13(10,11)5-2-8/h7H,2-6H2,1H3. The van der Waals surface area contributed by atoms with Crippen molar-refractivity contribution in [3.05, 3.63) is 0 Å². The van der Waals surface area contributed by atoms with E-state index in [-0.39, 0.29) is 17.7 Å². The zero-order valence-electron chi connectivity index (χ0n) is 7.57. The fraction of sp³-hybridized carbons (Fsp3) is 1.00. The minimum atomic E-state index is -3.16. The van der Waals surface area contributed by atoms with Gasteiger partial charge in [-0.15, -0.1) is 11.6 Å². The van der Waals surface area contributed by atoms with Crippen LogP contribution in [0.4, 0.5) is 0 Å². The van der Waals surface area contributed by atoms with E-state index in [2.05, 4.69) is 0 Å². The topological polar surface area (TPSA) is 46.6 Å². The van der Waals surface area contributed by atoms with Gasteiger partial charge in [0.1, 0.15) is 0 Å². The van der Waals surface area contributed by atoms with Crippen molar-refractivity contribution in [1.29, 1.82) is 0 Å². The molecule has 0 bridgehead atoms. The van der Waals surface area contributed by atoms with Gasteiger partial charge in [-0.1, -0.05) is 0 Å². The summed E-state index contributed by atoms with van der Waals surface area (Å²) in [6, 6.07) is -0.0676. The molecule has 78 valence electrons. The van der Waals surface area contributed by atoms with E-state index in [9.17, 15) is 8.42 Å². The molecular formula is C7H14ClNO3S. The predicted molar refractivity (Wildman–Crippen MR) is 51.5 cm³/mol. The van der Waals surface area contributed by atoms with Gasteiger partial charge in [0.2, 0.25) is 10.0 Å². The molecule has 0 aromatic carbocycles. The molecule has 0 saturated carbocycles. The van der Waals surface area contributed by atoms with Crippen LogP contribution in [-0.2, 0) is 14.8 Å². The fourth-order valence-corrected chi connectivity index (χ4v) is 3.32. The third kappa shape index (κ3) is 2.80. The second kappa shape index (κ2) is 4.59. The Labute approximate surface area is 83.9 Å². The highest BCUT2D eigenvalue weighted by atomic mass is 35.5. The summed E-state index contributed by atoms with van der Waals surface area (Å²) in [6.07, 6.45) is 0. The lowest BCUT2D eigenvalue weighted by atomic mass is 10.3. The van der Waals surface area contributed by atoms with Gasteiger partial charge in [-0.2, -0.15) is 4.31 Å². The van der Waals surface area contributed by atoms with E-state index in [1.807, 2.05) is 6.92 Å². The Morgan fingerprint density at radius 3 is 2.85 bits per heavy atom. The van der Waals surface area contributed by atoms with Gasteiger partial charge in [0.05, 0.1) is 19.0 Å². The average Bonchev–Trinajstić information content (AvgIpc) is 2.04. The first-order chi connectivity index (χ1) is 6.08. The summed E-state index contributed by atoms with van der Waals surface area (Å²) < 4.78 is 29.8. The van der Waals surface area contributed by atoms with Crippen molar-refractivity contribution in [2.45, 2.75) is 13.0 Å². The molecule has 6 heteroatoms. The molecule has 0 aromatic rings. The first-order valence-electron chi connectivity index (χ1n) is 4.21. The minimum absolute atomic E-state index is 0.0128. The molecule has 1 fully saturated rings. The van der Waals surface area contributed by atoms with Gasteiger partial charge in [0.15, 0.2) is 0 Å². The minimum Gasteiger partial charge on any atom is -0.378 e. The number of hydrogen-bond donors (Lipinski definition) is 0. The maximum Gasteiger partial charge on any atom is 0.215 e. The first kappa shape index (κ1) is 11.2. The van der Waals surface area contributed by atoms with Crippen LogP contribution in [0.3, 0.4) is 0 Å². The van der Waals surface area contributed by atoms with Crippen LogP contribution in [0, 0.1) is 0 Å². The number of halogens is 1. The Morgan fingerprint density at radius 2 is 2.31 bits per heavy atom. The molecule has 13 heavy (non-hydrogen) atoms. The number of sulfonamides is 1. The smallest absolute Gasteiger partial charge is 0.215 e. The molecule has 1 heterocycles. The van der Waals surface area contributed by atoms with Gasteiger partial charge in [-0.05, 0) is 6.92 Å². The van der Waals surface area contributed by atoms with E-state index in [1.165, 1.54) is 4.31 Å². The van der Waals surface area contributed by atoms with Crippen molar-refractivity contribution in [2.75, 3.05) is 31.4 Å². The third-order valence-electron chi connectivity index (χ3n) is 2.00. The van der Waals surface area contributed by atoms with E-state index in [4.69, 9.17) is 16.3 Å². The lowest BCUT2D eigenvalue weighted by Crippen LogP contribution is -2.48. The fourth-order valence-electron chi connectivity index (χ4n) is 1.34. The summed E-state index contributed by atoms with van der Waals surface area (Å²) in [4.78, 5) is 0. The van der Waals surface area contributed by atoms with E-state index in [0.717, 1.165) is 0 Å². The summed E-state index contributed by atoms with van der Waals surface area (Å²) in [5.41, 5.74) is 0. The number of alkyl halides is 1. The Balaban J connectivity index is 2.68. The van der Waals surface area contributed by atoms with Crippen LogP contribution in [0.5, 0.6) is 0 Å². The van der Waals surface area contributed by atoms with Crippen molar-refractivity contribution in [3.63, 3.8) is 0 Å². The molecule has 1 aliphatic rings. The highest BCUT2D eigenvalue weighted by Crippen LogP contribution is 2.12. The molecule has 0 radical (unpaired) electrons. The molecule has 0 aromatic heterocycles. The first-order valence-corrected chi connectivity index (χ1v) is 6.35. The second-order valence-electron chi connectivity index (χ2n) is 3.04. The van der Waals surface area contributed by atoms with Crippen LogP contribution in [-0.4, -0.2) is 50.2 Å². The second-order valence-corrected chi connectivity index (χ2v) is 5.46. The van der Waals surface area contributed by atoms with Crippen molar-refractivity contribution in [3.8, 4) is 0 Å². The van der Waals surface area contributed by atoms with Crippen LogP contribution in [0.2, 0.25) is 0 Å². The van der Waals surface area contributed by atoms with E-state index in [1.54, 1.807) is 0 Å². The molecule has 1 atom stereocenters. The lowest BCUT2D eigenvalue weighted by Gasteiger charge is -2.31. The number of nitrogens with zero attached hydrogens (tertiary/aromatic N) is 1. The van der Waals surface area contributed by atoms with Crippen LogP contribution >= 0.6 is 11.6 Å². The number of hydrogen-bond acceptors (Lipinski definition) is 3. The number of ether oxygens (including phenoxy) is 1. The highest BCUT2D eigenvalue weighted by Gasteiger charge is 2.29. The van der Waals surface area contributed by atoms with Gasteiger partial charge in [0.25, 0.3) is 0 Å².